The number of carbonyl (C=O) groups is 2. The summed E-state index contributed by atoms with van der Waals surface area (Å²) in [6, 6.07) is 3.44. The first-order valence-corrected chi connectivity index (χ1v) is 10.7. The number of esters is 1. The molecule has 182 valence electrons. The van der Waals surface area contributed by atoms with Crippen LogP contribution in [0.4, 0.5) is 13.2 Å². The lowest BCUT2D eigenvalue weighted by Gasteiger charge is -2.29. The van der Waals surface area contributed by atoms with Gasteiger partial charge in [-0.05, 0) is 58.6 Å². The van der Waals surface area contributed by atoms with Crippen LogP contribution in [0.3, 0.4) is 0 Å². The number of aromatic nitrogens is 1. The molecular weight excluding hydrogens is 441 g/mol. The fourth-order valence-corrected chi connectivity index (χ4v) is 3.64. The van der Waals surface area contributed by atoms with Gasteiger partial charge in [0.15, 0.2) is 11.6 Å². The van der Waals surface area contributed by atoms with Crippen molar-refractivity contribution in [2.24, 2.45) is 0 Å². The van der Waals surface area contributed by atoms with E-state index in [1.165, 1.54) is 12.3 Å². The van der Waals surface area contributed by atoms with Gasteiger partial charge in [-0.2, -0.15) is 8.78 Å². The molecule has 1 aromatic carbocycles. The third kappa shape index (κ3) is 7.31. The molecule has 7 nitrogen and oxygen atoms in total. The molecule has 0 saturated heterocycles. The maximum atomic E-state index is 14.0. The molecule has 2 aromatic rings. The van der Waals surface area contributed by atoms with Gasteiger partial charge in [0, 0.05) is 25.1 Å². The van der Waals surface area contributed by atoms with E-state index in [-0.39, 0.29) is 37.2 Å². The van der Waals surface area contributed by atoms with Gasteiger partial charge in [-0.25, -0.2) is 9.18 Å². The second-order valence-corrected chi connectivity index (χ2v) is 8.92. The average Bonchev–Trinajstić information content (AvgIpc) is 2.72. The van der Waals surface area contributed by atoms with Crippen molar-refractivity contribution >= 4 is 22.8 Å². The summed E-state index contributed by atoms with van der Waals surface area (Å²) in [5, 5.41) is 3.22. The zero-order valence-electron chi connectivity index (χ0n) is 18.7. The molecule has 0 spiro atoms. The number of amides is 1. The number of nitrogens with one attached hydrogen (secondary N) is 1. The van der Waals surface area contributed by atoms with Crippen molar-refractivity contribution < 1.29 is 38.4 Å². The Bertz CT molecular complexity index is 1010. The number of pyridine rings is 1. The molecule has 3 rings (SSSR count). The highest BCUT2D eigenvalue weighted by Crippen LogP contribution is 2.26. The largest absolute Gasteiger partial charge is 0.458 e. The first-order valence-electron chi connectivity index (χ1n) is 10.7. The molecule has 1 N–H and O–H groups in total. The molecule has 0 atom stereocenters. The van der Waals surface area contributed by atoms with Crippen LogP contribution in [-0.2, 0) is 14.3 Å². The lowest BCUT2D eigenvalue weighted by Crippen LogP contribution is -2.39. The highest BCUT2D eigenvalue weighted by atomic mass is 19.3. The number of fused-ring (bicyclic) bond motifs is 1. The zero-order valence-corrected chi connectivity index (χ0v) is 18.7. The Morgan fingerprint density at radius 2 is 1.88 bits per heavy atom. The molecule has 1 amide bonds. The molecule has 1 aliphatic carbocycles. The van der Waals surface area contributed by atoms with E-state index >= 15 is 0 Å². The molecule has 10 heteroatoms. The number of ether oxygens (including phenoxy) is 3. The van der Waals surface area contributed by atoms with E-state index in [2.05, 4.69) is 15.0 Å². The summed E-state index contributed by atoms with van der Waals surface area (Å²) < 4.78 is 53.7. The predicted molar refractivity (Wildman–Crippen MR) is 116 cm³/mol. The summed E-state index contributed by atoms with van der Waals surface area (Å²) in [6.07, 6.45) is 3.94. The van der Waals surface area contributed by atoms with E-state index in [1.807, 2.05) is 0 Å². The number of carbonyl (C=O) groups excluding carboxylic acids is 2. The van der Waals surface area contributed by atoms with Gasteiger partial charge in [0.25, 0.3) is 5.91 Å². The smallest absolute Gasteiger partial charge is 0.387 e. The van der Waals surface area contributed by atoms with Gasteiger partial charge in [-0.15, -0.1) is 0 Å². The molecule has 0 bridgehead atoms. The maximum Gasteiger partial charge on any atom is 0.387 e. The van der Waals surface area contributed by atoms with Crippen LogP contribution in [0.5, 0.6) is 5.75 Å². The van der Waals surface area contributed by atoms with Gasteiger partial charge in [0.05, 0.1) is 17.2 Å². The first kappa shape index (κ1) is 24.8. The molecule has 1 aromatic heterocycles. The van der Waals surface area contributed by atoms with E-state index in [1.54, 1.807) is 20.8 Å². The molecule has 33 heavy (non-hydrogen) atoms. The fraction of sp³-hybridized carbons (Fsp3) is 0.522. The molecule has 1 heterocycles. The van der Waals surface area contributed by atoms with Crippen molar-refractivity contribution in [3.8, 4) is 5.75 Å². The SMILES string of the molecule is CC(C)(C)OC(=O)COC1CCC(NC(=O)c2cnc3cc(OC(F)F)c(F)cc3c2)CC1.[HH]. The van der Waals surface area contributed by atoms with Crippen LogP contribution >= 0.6 is 0 Å². The molecule has 0 radical (unpaired) electrons. The standard InChI is InChI=1S/C23H27F3N2O5.H2/c1-23(2,3)33-20(29)12-31-16-6-4-15(5-7-16)28-21(30)14-8-13-9-17(24)19(32-22(25)26)10-18(13)27-11-14;/h8-11,15-16,22H,4-7,12H2,1-3H3,(H,28,30);1H. The van der Waals surface area contributed by atoms with Gasteiger partial charge < -0.3 is 19.5 Å². The highest BCUT2D eigenvalue weighted by molar-refractivity contribution is 5.97. The van der Waals surface area contributed by atoms with Crippen LogP contribution < -0.4 is 10.1 Å². The summed E-state index contributed by atoms with van der Waals surface area (Å²) in [5.41, 5.74) is -0.104. The predicted octanol–water partition coefficient (Wildman–Crippen LogP) is 4.62. The van der Waals surface area contributed by atoms with Crippen LogP contribution in [0.25, 0.3) is 10.9 Å². The summed E-state index contributed by atoms with van der Waals surface area (Å²) in [7, 11) is 0. The van der Waals surface area contributed by atoms with Gasteiger partial charge in [0.2, 0.25) is 0 Å². The van der Waals surface area contributed by atoms with Crippen LogP contribution in [-0.4, -0.2) is 47.8 Å². The maximum absolute atomic E-state index is 14.0. The summed E-state index contributed by atoms with van der Waals surface area (Å²) in [6.45, 7) is 2.11. The Hall–Kier alpha value is -2.88. The second kappa shape index (κ2) is 10.4. The summed E-state index contributed by atoms with van der Waals surface area (Å²) in [4.78, 5) is 28.5. The number of halogens is 3. The third-order valence-corrected chi connectivity index (χ3v) is 5.08. The monoisotopic (exact) mass is 470 g/mol. The van der Waals surface area contributed by atoms with Crippen molar-refractivity contribution in [1.29, 1.82) is 0 Å². The molecule has 1 fully saturated rings. The molecular formula is C23H29F3N2O5. The number of hydrogen-bond acceptors (Lipinski definition) is 6. The fourth-order valence-electron chi connectivity index (χ4n) is 3.64. The van der Waals surface area contributed by atoms with E-state index in [4.69, 9.17) is 9.47 Å². The Morgan fingerprint density at radius 3 is 2.52 bits per heavy atom. The number of nitrogens with zero attached hydrogens (tertiary/aromatic N) is 1. The quantitative estimate of drug-likeness (QED) is 0.595. The van der Waals surface area contributed by atoms with Crippen molar-refractivity contribution in [2.75, 3.05) is 6.61 Å². The molecule has 0 aliphatic heterocycles. The van der Waals surface area contributed by atoms with Crippen LogP contribution in [0.15, 0.2) is 24.4 Å². The van der Waals surface area contributed by atoms with E-state index in [0.717, 1.165) is 12.1 Å². The first-order chi connectivity index (χ1) is 15.5. The van der Waals surface area contributed by atoms with E-state index < -0.39 is 29.7 Å². The average molecular weight is 470 g/mol. The van der Waals surface area contributed by atoms with Gasteiger partial charge in [-0.3, -0.25) is 9.78 Å². The van der Waals surface area contributed by atoms with Crippen molar-refractivity contribution in [3.63, 3.8) is 0 Å². The Balaban J connectivity index is 0.00000408. The van der Waals surface area contributed by atoms with Gasteiger partial charge >= 0.3 is 12.6 Å². The van der Waals surface area contributed by atoms with Gasteiger partial charge in [-0.1, -0.05) is 0 Å². The Labute approximate surface area is 191 Å². The van der Waals surface area contributed by atoms with Crippen LogP contribution in [0, 0.1) is 5.82 Å². The van der Waals surface area contributed by atoms with Gasteiger partial charge in [0.1, 0.15) is 12.2 Å². The lowest BCUT2D eigenvalue weighted by atomic mass is 9.92. The van der Waals surface area contributed by atoms with Crippen molar-refractivity contribution in [2.45, 2.75) is 70.8 Å². The van der Waals surface area contributed by atoms with E-state index in [0.29, 0.717) is 31.1 Å². The molecule has 0 unspecified atom stereocenters. The van der Waals surface area contributed by atoms with Crippen LogP contribution in [0.2, 0.25) is 0 Å². The topological polar surface area (TPSA) is 86.8 Å². The highest BCUT2D eigenvalue weighted by Gasteiger charge is 2.25. The minimum atomic E-state index is -3.15. The summed E-state index contributed by atoms with van der Waals surface area (Å²) in [5.74, 6) is -2.35. The van der Waals surface area contributed by atoms with Crippen LogP contribution in [0.1, 0.15) is 58.2 Å². The number of alkyl halides is 2. The third-order valence-electron chi connectivity index (χ3n) is 5.08. The summed E-state index contributed by atoms with van der Waals surface area (Å²) >= 11 is 0. The zero-order chi connectivity index (χ0) is 24.2. The van der Waals surface area contributed by atoms with Crippen molar-refractivity contribution in [3.05, 3.63) is 35.8 Å². The minimum Gasteiger partial charge on any atom is -0.458 e. The number of hydrogen-bond donors (Lipinski definition) is 1. The molecule has 1 saturated carbocycles. The number of rotatable bonds is 7. The minimum absolute atomic E-state index is 0. The van der Waals surface area contributed by atoms with Crippen molar-refractivity contribution in [1.82, 2.24) is 10.3 Å². The Morgan fingerprint density at radius 1 is 1.18 bits per heavy atom. The Kier molecular flexibility index (Phi) is 7.78. The number of benzene rings is 1. The normalized spacial score (nSPS) is 18.9. The molecule has 1 aliphatic rings. The lowest BCUT2D eigenvalue weighted by molar-refractivity contribution is -0.162. The second-order valence-electron chi connectivity index (χ2n) is 8.92. The van der Waals surface area contributed by atoms with E-state index in [9.17, 15) is 22.8 Å².